The summed E-state index contributed by atoms with van der Waals surface area (Å²) in [5.41, 5.74) is 0.921. The number of aliphatic imine (C=N–C) groups is 1. The van der Waals surface area contributed by atoms with E-state index in [-0.39, 0.29) is 6.10 Å². The van der Waals surface area contributed by atoms with E-state index in [0.29, 0.717) is 19.7 Å². The monoisotopic (exact) mass is 369 g/mol. The highest BCUT2D eigenvalue weighted by Gasteiger charge is 2.20. The number of rotatable bonds is 6. The third-order valence-corrected chi connectivity index (χ3v) is 4.06. The number of guanidine groups is 1. The van der Waals surface area contributed by atoms with Gasteiger partial charge in [-0.2, -0.15) is 0 Å². The van der Waals surface area contributed by atoms with Gasteiger partial charge in [0.15, 0.2) is 17.5 Å². The lowest BCUT2D eigenvalue weighted by Gasteiger charge is -2.27. The van der Waals surface area contributed by atoms with Crippen molar-refractivity contribution in [1.29, 1.82) is 0 Å². The molecule has 0 radical (unpaired) electrons. The van der Waals surface area contributed by atoms with Gasteiger partial charge in [0.1, 0.15) is 18.5 Å². The summed E-state index contributed by atoms with van der Waals surface area (Å²) in [7, 11) is 3.96. The van der Waals surface area contributed by atoms with Crippen LogP contribution in [0.4, 0.5) is 5.82 Å². The Balaban J connectivity index is 1.57. The Kier molecular flexibility index (Phi) is 6.35. The minimum absolute atomic E-state index is 0.0704. The second-order valence-corrected chi connectivity index (χ2v) is 6.46. The number of hydrogen-bond acceptors (Lipinski definition) is 5. The van der Waals surface area contributed by atoms with Crippen molar-refractivity contribution >= 4 is 11.8 Å². The third kappa shape index (κ3) is 5.26. The molecule has 0 spiro atoms. The lowest BCUT2D eigenvalue weighted by Crippen LogP contribution is -2.45. The minimum atomic E-state index is -0.0704. The molecule has 0 aliphatic carbocycles. The van der Waals surface area contributed by atoms with Gasteiger partial charge in [0.05, 0.1) is 18.8 Å². The average Bonchev–Trinajstić information content (AvgIpc) is 2.70. The van der Waals surface area contributed by atoms with Crippen LogP contribution < -0.4 is 25.0 Å². The molecule has 2 aromatic rings. The van der Waals surface area contributed by atoms with Crippen molar-refractivity contribution in [3.63, 3.8) is 0 Å². The number of nitrogens with one attached hydrogen (secondary N) is 2. The van der Waals surface area contributed by atoms with Gasteiger partial charge in [-0.1, -0.05) is 18.2 Å². The molecule has 0 saturated heterocycles. The second-order valence-electron chi connectivity index (χ2n) is 6.46. The summed E-state index contributed by atoms with van der Waals surface area (Å²) >= 11 is 0. The number of ether oxygens (including phenoxy) is 2. The molecule has 144 valence electrons. The van der Waals surface area contributed by atoms with Gasteiger partial charge >= 0.3 is 0 Å². The zero-order valence-electron chi connectivity index (χ0n) is 16.1. The highest BCUT2D eigenvalue weighted by atomic mass is 16.6. The van der Waals surface area contributed by atoms with E-state index >= 15 is 0 Å². The molecule has 1 atom stereocenters. The van der Waals surface area contributed by atoms with Crippen LogP contribution in [-0.2, 0) is 6.54 Å². The molecule has 1 unspecified atom stereocenters. The Bertz CT molecular complexity index is 778. The fourth-order valence-electron chi connectivity index (χ4n) is 2.68. The molecule has 2 heterocycles. The molecule has 1 aromatic heterocycles. The molecular weight excluding hydrogens is 342 g/mol. The van der Waals surface area contributed by atoms with Gasteiger partial charge in [-0.05, 0) is 31.2 Å². The maximum atomic E-state index is 5.98. The first-order valence-electron chi connectivity index (χ1n) is 9.19. The zero-order valence-corrected chi connectivity index (χ0v) is 16.1. The number of benzene rings is 1. The summed E-state index contributed by atoms with van der Waals surface area (Å²) in [5.74, 6) is 3.23. The van der Waals surface area contributed by atoms with E-state index in [9.17, 15) is 0 Å². The quantitative estimate of drug-likeness (QED) is 0.600. The Morgan fingerprint density at radius 3 is 2.74 bits per heavy atom. The fourth-order valence-corrected chi connectivity index (χ4v) is 2.68. The Labute approximate surface area is 160 Å². The molecule has 1 aliphatic heterocycles. The van der Waals surface area contributed by atoms with Gasteiger partial charge in [-0.15, -0.1) is 0 Å². The van der Waals surface area contributed by atoms with Crippen LogP contribution in [0.2, 0.25) is 0 Å². The summed E-state index contributed by atoms with van der Waals surface area (Å²) in [4.78, 5) is 11.2. The number of para-hydroxylation sites is 2. The van der Waals surface area contributed by atoms with E-state index in [0.717, 1.165) is 35.5 Å². The number of hydrogen-bond donors (Lipinski definition) is 2. The summed E-state index contributed by atoms with van der Waals surface area (Å²) < 4.78 is 11.7. The molecule has 1 aliphatic rings. The first-order valence-corrected chi connectivity index (χ1v) is 9.19. The van der Waals surface area contributed by atoms with E-state index < -0.39 is 0 Å². The maximum absolute atomic E-state index is 5.98. The molecule has 3 rings (SSSR count). The predicted molar refractivity (Wildman–Crippen MR) is 108 cm³/mol. The Hall–Kier alpha value is -2.96. The van der Waals surface area contributed by atoms with E-state index in [2.05, 4.69) is 20.6 Å². The van der Waals surface area contributed by atoms with Gasteiger partial charge < -0.3 is 25.0 Å². The highest BCUT2D eigenvalue weighted by molar-refractivity contribution is 5.79. The first kappa shape index (κ1) is 18.8. The van der Waals surface area contributed by atoms with E-state index in [1.165, 1.54) is 0 Å². The highest BCUT2D eigenvalue weighted by Crippen LogP contribution is 2.30. The number of aromatic nitrogens is 1. The lowest BCUT2D eigenvalue weighted by atomic mass is 10.2. The molecule has 0 fully saturated rings. The number of anilines is 1. The van der Waals surface area contributed by atoms with Gasteiger partial charge in [-0.25, -0.2) is 9.98 Å². The standard InChI is InChI=1S/C20H27N5O2/c1-4-21-20(22-12-15-8-7-11-19(24-15)25(2)3)23-13-16-14-26-17-9-5-6-10-18(17)27-16/h5-11,16H,4,12-14H2,1-3H3,(H2,21,22,23). The molecular formula is C20H27N5O2. The smallest absolute Gasteiger partial charge is 0.191 e. The van der Waals surface area contributed by atoms with Crippen molar-refractivity contribution < 1.29 is 9.47 Å². The van der Waals surface area contributed by atoms with Crippen LogP contribution in [0.15, 0.2) is 47.5 Å². The molecule has 7 nitrogen and oxygen atoms in total. The van der Waals surface area contributed by atoms with Crippen molar-refractivity contribution in [1.82, 2.24) is 15.6 Å². The van der Waals surface area contributed by atoms with Crippen LogP contribution in [0.3, 0.4) is 0 Å². The number of pyridine rings is 1. The van der Waals surface area contributed by atoms with Gasteiger partial charge in [0.2, 0.25) is 0 Å². The van der Waals surface area contributed by atoms with Gasteiger partial charge in [-0.3, -0.25) is 0 Å². The summed E-state index contributed by atoms with van der Waals surface area (Å²) in [6.07, 6.45) is -0.0704. The topological polar surface area (TPSA) is 71.0 Å². The molecule has 1 aromatic carbocycles. The van der Waals surface area contributed by atoms with Crippen LogP contribution in [-0.4, -0.2) is 50.8 Å². The molecule has 0 bridgehead atoms. The Morgan fingerprint density at radius 1 is 1.15 bits per heavy atom. The SMILES string of the molecule is CCNC(=NCc1cccc(N(C)C)n1)NCC1COc2ccccc2O1. The van der Waals surface area contributed by atoms with Crippen molar-refractivity contribution in [2.45, 2.75) is 19.6 Å². The molecule has 27 heavy (non-hydrogen) atoms. The van der Waals surface area contributed by atoms with Crippen LogP contribution in [0.5, 0.6) is 11.5 Å². The second kappa shape index (κ2) is 9.12. The number of nitrogens with zero attached hydrogens (tertiary/aromatic N) is 3. The van der Waals surface area contributed by atoms with E-state index in [1.807, 2.05) is 68.4 Å². The average molecular weight is 369 g/mol. The summed E-state index contributed by atoms with van der Waals surface area (Å²) in [6.45, 7) is 4.43. The molecule has 0 saturated carbocycles. The van der Waals surface area contributed by atoms with Gasteiger partial charge in [0.25, 0.3) is 0 Å². The van der Waals surface area contributed by atoms with Crippen molar-refractivity contribution in [3.8, 4) is 11.5 Å². The Morgan fingerprint density at radius 2 is 1.96 bits per heavy atom. The normalized spacial score (nSPS) is 16.0. The maximum Gasteiger partial charge on any atom is 0.191 e. The summed E-state index contributed by atoms with van der Waals surface area (Å²) in [6, 6.07) is 13.7. The summed E-state index contributed by atoms with van der Waals surface area (Å²) in [5, 5.41) is 6.58. The number of fused-ring (bicyclic) bond motifs is 1. The zero-order chi connectivity index (χ0) is 19.1. The molecule has 7 heteroatoms. The third-order valence-electron chi connectivity index (χ3n) is 4.06. The van der Waals surface area contributed by atoms with Crippen LogP contribution in [0, 0.1) is 0 Å². The molecule has 0 amide bonds. The van der Waals surface area contributed by atoms with Crippen LogP contribution in [0.1, 0.15) is 12.6 Å². The minimum Gasteiger partial charge on any atom is -0.486 e. The largest absolute Gasteiger partial charge is 0.486 e. The lowest BCUT2D eigenvalue weighted by molar-refractivity contribution is 0.0936. The van der Waals surface area contributed by atoms with Crippen LogP contribution >= 0.6 is 0 Å². The fraction of sp³-hybridized carbons (Fsp3) is 0.400. The molecule has 2 N–H and O–H groups in total. The van der Waals surface area contributed by atoms with E-state index in [1.54, 1.807) is 0 Å². The van der Waals surface area contributed by atoms with Crippen molar-refractivity contribution in [2.24, 2.45) is 4.99 Å². The van der Waals surface area contributed by atoms with Crippen LogP contribution in [0.25, 0.3) is 0 Å². The van der Waals surface area contributed by atoms with Gasteiger partial charge in [0, 0.05) is 20.6 Å². The van der Waals surface area contributed by atoms with Crippen molar-refractivity contribution in [2.75, 3.05) is 38.7 Å². The van der Waals surface area contributed by atoms with Crippen molar-refractivity contribution in [3.05, 3.63) is 48.2 Å². The first-order chi connectivity index (χ1) is 13.2. The predicted octanol–water partition coefficient (Wildman–Crippen LogP) is 2.04. The van der Waals surface area contributed by atoms with E-state index in [4.69, 9.17) is 9.47 Å².